The van der Waals surface area contributed by atoms with Crippen LogP contribution in [0.4, 0.5) is 5.95 Å². The largest absolute Gasteiger partial charge is 0.391 e. The van der Waals surface area contributed by atoms with E-state index in [4.69, 9.17) is 22.1 Å². The van der Waals surface area contributed by atoms with Crippen LogP contribution in [0.2, 0.25) is 0 Å². The summed E-state index contributed by atoms with van der Waals surface area (Å²) in [5, 5.41) is 32.9. The molecule has 122 valence electrons. The highest BCUT2D eigenvalue weighted by Gasteiger charge is 2.57. The highest BCUT2D eigenvalue weighted by atomic mass is 35.5. The van der Waals surface area contributed by atoms with Crippen LogP contribution in [0.5, 0.6) is 0 Å². The van der Waals surface area contributed by atoms with E-state index < -0.39 is 30.1 Å². The lowest BCUT2D eigenvalue weighted by atomic mass is 9.93. The van der Waals surface area contributed by atoms with E-state index in [1.54, 1.807) is 0 Å². The molecule has 0 spiro atoms. The van der Waals surface area contributed by atoms with E-state index in [-0.39, 0.29) is 11.6 Å². The van der Waals surface area contributed by atoms with Crippen molar-refractivity contribution < 1.29 is 20.1 Å². The Bertz CT molecular complexity index is 800. The number of nitrogens with two attached hydrogens (primary N) is 1. The maximum Gasteiger partial charge on any atom is 0.222 e. The van der Waals surface area contributed by atoms with Crippen molar-refractivity contribution in [3.05, 3.63) is 12.5 Å². The number of fused-ring (bicyclic) bond motifs is 1. The number of aliphatic hydroxyl groups is 3. The number of ether oxygens (including phenoxy) is 1. The van der Waals surface area contributed by atoms with Crippen LogP contribution in [-0.2, 0) is 4.74 Å². The van der Waals surface area contributed by atoms with Crippen molar-refractivity contribution >= 4 is 28.7 Å². The normalized spacial score (nSPS) is 31.8. The van der Waals surface area contributed by atoms with E-state index in [1.165, 1.54) is 24.0 Å². The first-order valence-corrected chi connectivity index (χ1v) is 7.08. The molecule has 10 heteroatoms. The third kappa shape index (κ3) is 2.41. The maximum absolute atomic E-state index is 10.8. The summed E-state index contributed by atoms with van der Waals surface area (Å²) in [5.74, 6) is 2.35. The Morgan fingerprint density at radius 1 is 1.52 bits per heavy atom. The van der Waals surface area contributed by atoms with E-state index in [0.717, 1.165) is 0 Å². The number of imidazole rings is 1. The number of nitrogens with zero attached hydrogens (tertiary/aromatic N) is 4. The fourth-order valence-corrected chi connectivity index (χ4v) is 2.75. The Balaban J connectivity index is 2.14. The lowest BCUT2D eigenvalue weighted by Crippen LogP contribution is -2.47. The fourth-order valence-electron chi connectivity index (χ4n) is 2.60. The summed E-state index contributed by atoms with van der Waals surface area (Å²) in [4.78, 5) is 12.0. The first kappa shape index (κ1) is 15.9. The number of hydrogen-bond acceptors (Lipinski definition) is 8. The Hall–Kier alpha value is -1.96. The second-order valence-electron chi connectivity index (χ2n) is 5.27. The highest BCUT2D eigenvalue weighted by Crippen LogP contribution is 2.40. The van der Waals surface area contributed by atoms with E-state index in [1.807, 2.05) is 0 Å². The summed E-state index contributed by atoms with van der Waals surface area (Å²) in [5.41, 5.74) is 4.22. The monoisotopic (exact) mass is 339 g/mol. The zero-order chi connectivity index (χ0) is 16.8. The molecule has 1 unspecified atom stereocenters. The summed E-state index contributed by atoms with van der Waals surface area (Å²) in [6, 6.07) is 0. The number of anilines is 1. The van der Waals surface area contributed by atoms with E-state index in [0.29, 0.717) is 5.52 Å². The molecule has 0 radical (unpaired) electrons. The standard InChI is InChI=1S/C13H14ClN5O4/c1-6(20)8-9(21)13(22,2-3-14)11(23-8)19-5-17-7-4-16-12(15)18-10(7)19/h4-6,8-9,11,20-22H,1H3,(H2,15,16,18)/t6-,8-,9+,11-,13?/m1/s1. The molecular weight excluding hydrogens is 326 g/mol. The molecule has 1 fully saturated rings. The average Bonchev–Trinajstić information content (AvgIpc) is 3.00. The molecule has 0 saturated carbocycles. The van der Waals surface area contributed by atoms with Gasteiger partial charge in [-0.1, -0.05) is 0 Å². The van der Waals surface area contributed by atoms with Crippen LogP contribution in [0.1, 0.15) is 13.2 Å². The number of halogens is 1. The van der Waals surface area contributed by atoms with Gasteiger partial charge in [-0.25, -0.2) is 9.97 Å². The van der Waals surface area contributed by atoms with Crippen molar-refractivity contribution in [1.29, 1.82) is 0 Å². The zero-order valence-corrected chi connectivity index (χ0v) is 12.7. The average molecular weight is 340 g/mol. The van der Waals surface area contributed by atoms with Crippen LogP contribution in [0.15, 0.2) is 12.5 Å². The van der Waals surface area contributed by atoms with Gasteiger partial charge in [0, 0.05) is 5.38 Å². The number of aromatic nitrogens is 4. The molecule has 0 aromatic carbocycles. The quantitative estimate of drug-likeness (QED) is 0.510. The van der Waals surface area contributed by atoms with Crippen molar-refractivity contribution in [2.45, 2.75) is 37.1 Å². The number of hydrogen-bond donors (Lipinski definition) is 4. The van der Waals surface area contributed by atoms with Crippen molar-refractivity contribution in [2.75, 3.05) is 5.73 Å². The molecule has 1 saturated heterocycles. The molecule has 0 aliphatic carbocycles. The number of nitrogen functional groups attached to an aromatic ring is 1. The molecule has 5 atom stereocenters. The van der Waals surface area contributed by atoms with Crippen molar-refractivity contribution in [3.8, 4) is 11.3 Å². The third-order valence-corrected chi connectivity index (χ3v) is 3.83. The van der Waals surface area contributed by atoms with Crippen LogP contribution in [-0.4, -0.2) is 58.8 Å². The van der Waals surface area contributed by atoms with Gasteiger partial charge in [0.2, 0.25) is 11.5 Å². The predicted molar refractivity (Wildman–Crippen MR) is 79.9 cm³/mol. The van der Waals surface area contributed by atoms with Crippen molar-refractivity contribution in [1.82, 2.24) is 19.5 Å². The van der Waals surface area contributed by atoms with Gasteiger partial charge >= 0.3 is 0 Å². The molecule has 23 heavy (non-hydrogen) atoms. The zero-order valence-electron chi connectivity index (χ0n) is 12.0. The summed E-state index contributed by atoms with van der Waals surface area (Å²) in [6.07, 6.45) is -2.04. The minimum absolute atomic E-state index is 0.0110. The SMILES string of the molecule is C[C@@H](O)[C@H]1O[C@@H](n2cnc3cnc(N)nc32)C(O)(C#CCl)[C@H]1O. The first-order valence-electron chi connectivity index (χ1n) is 6.70. The van der Waals surface area contributed by atoms with Crippen LogP contribution in [0.3, 0.4) is 0 Å². The first-order chi connectivity index (χ1) is 10.9. The van der Waals surface area contributed by atoms with Gasteiger partial charge in [0.15, 0.2) is 11.9 Å². The van der Waals surface area contributed by atoms with Gasteiger partial charge < -0.3 is 25.8 Å². The summed E-state index contributed by atoms with van der Waals surface area (Å²) >= 11 is 5.41. The van der Waals surface area contributed by atoms with Gasteiger partial charge in [0.25, 0.3) is 0 Å². The fraction of sp³-hybridized carbons (Fsp3) is 0.462. The molecule has 5 N–H and O–H groups in total. The van der Waals surface area contributed by atoms with Gasteiger partial charge in [0.05, 0.1) is 18.6 Å². The summed E-state index contributed by atoms with van der Waals surface area (Å²) in [7, 11) is 0. The third-order valence-electron chi connectivity index (χ3n) is 3.73. The molecule has 3 rings (SSSR count). The van der Waals surface area contributed by atoms with Gasteiger partial charge in [-0.15, -0.1) is 0 Å². The molecule has 0 amide bonds. The van der Waals surface area contributed by atoms with Crippen LogP contribution in [0, 0.1) is 11.3 Å². The smallest absolute Gasteiger partial charge is 0.222 e. The molecule has 9 nitrogen and oxygen atoms in total. The molecule has 1 aliphatic heterocycles. The van der Waals surface area contributed by atoms with Crippen LogP contribution < -0.4 is 5.73 Å². The minimum Gasteiger partial charge on any atom is -0.391 e. The molecule has 2 aromatic rings. The maximum atomic E-state index is 10.8. The summed E-state index contributed by atoms with van der Waals surface area (Å²) in [6.45, 7) is 1.43. The Labute approximate surface area is 135 Å². The molecule has 1 aliphatic rings. The van der Waals surface area contributed by atoms with E-state index in [9.17, 15) is 15.3 Å². The minimum atomic E-state index is -2.06. The van der Waals surface area contributed by atoms with Crippen molar-refractivity contribution in [3.63, 3.8) is 0 Å². The van der Waals surface area contributed by atoms with Gasteiger partial charge in [-0.3, -0.25) is 4.57 Å². The van der Waals surface area contributed by atoms with Gasteiger partial charge in [-0.05, 0) is 24.4 Å². The number of rotatable bonds is 2. The van der Waals surface area contributed by atoms with E-state index in [2.05, 4.69) is 26.3 Å². The Morgan fingerprint density at radius 3 is 2.91 bits per heavy atom. The molecule has 2 aromatic heterocycles. The molecule has 0 bridgehead atoms. The van der Waals surface area contributed by atoms with Crippen LogP contribution in [0.25, 0.3) is 11.2 Å². The van der Waals surface area contributed by atoms with E-state index >= 15 is 0 Å². The van der Waals surface area contributed by atoms with Gasteiger partial charge in [-0.2, -0.15) is 4.98 Å². The topological polar surface area (TPSA) is 140 Å². The second kappa shape index (κ2) is 5.59. The lowest BCUT2D eigenvalue weighted by molar-refractivity contribution is -0.0847. The summed E-state index contributed by atoms with van der Waals surface area (Å²) < 4.78 is 6.97. The van der Waals surface area contributed by atoms with Crippen molar-refractivity contribution in [2.24, 2.45) is 0 Å². The number of aliphatic hydroxyl groups excluding tert-OH is 2. The lowest BCUT2D eigenvalue weighted by Gasteiger charge is -2.26. The Kier molecular flexibility index (Phi) is 3.87. The second-order valence-corrected chi connectivity index (χ2v) is 5.46. The highest BCUT2D eigenvalue weighted by molar-refractivity contribution is 6.30. The predicted octanol–water partition coefficient (Wildman–Crippen LogP) is -1.02. The van der Waals surface area contributed by atoms with Crippen LogP contribution >= 0.6 is 11.6 Å². The Morgan fingerprint density at radius 2 is 2.26 bits per heavy atom. The van der Waals surface area contributed by atoms with Gasteiger partial charge in [0.1, 0.15) is 17.7 Å². The molecular formula is C13H14ClN5O4. The molecule has 3 heterocycles.